The quantitative estimate of drug-likeness (QED) is 0.716. The van der Waals surface area contributed by atoms with Gasteiger partial charge in [-0.25, -0.2) is 4.39 Å². The van der Waals surface area contributed by atoms with E-state index in [-0.39, 0.29) is 17.5 Å². The number of carbonyl (C=O) groups is 1. The van der Waals surface area contributed by atoms with E-state index in [1.807, 2.05) is 13.0 Å². The molecule has 0 fully saturated rings. The Bertz CT molecular complexity index is 385. The Hall–Kier alpha value is -1.18. The third-order valence-corrected chi connectivity index (χ3v) is 3.17. The first-order valence-electron chi connectivity index (χ1n) is 6.36. The highest BCUT2D eigenvalue weighted by Crippen LogP contribution is 2.27. The molecule has 94 valence electrons. The Morgan fingerprint density at radius 3 is 2.59 bits per heavy atom. The van der Waals surface area contributed by atoms with Gasteiger partial charge in [0.25, 0.3) is 0 Å². The predicted octanol–water partition coefficient (Wildman–Crippen LogP) is 4.39. The van der Waals surface area contributed by atoms with Gasteiger partial charge in [0, 0.05) is 12.8 Å². The first-order valence-corrected chi connectivity index (χ1v) is 6.36. The minimum Gasteiger partial charge on any atom is -0.300 e. The van der Waals surface area contributed by atoms with Crippen LogP contribution in [0.5, 0.6) is 0 Å². The second-order valence-electron chi connectivity index (χ2n) is 4.59. The van der Waals surface area contributed by atoms with Crippen molar-refractivity contribution in [1.82, 2.24) is 0 Å². The summed E-state index contributed by atoms with van der Waals surface area (Å²) in [6, 6.07) is 5.32. The summed E-state index contributed by atoms with van der Waals surface area (Å²) < 4.78 is 13.5. The van der Waals surface area contributed by atoms with Crippen molar-refractivity contribution in [2.24, 2.45) is 0 Å². The molecule has 0 N–H and O–H groups in total. The summed E-state index contributed by atoms with van der Waals surface area (Å²) in [7, 11) is 0. The Labute approximate surface area is 103 Å². The molecule has 1 aromatic rings. The fourth-order valence-electron chi connectivity index (χ4n) is 2.02. The maximum absolute atomic E-state index is 13.5. The molecule has 0 bridgehead atoms. The summed E-state index contributed by atoms with van der Waals surface area (Å²) in [6.07, 6.45) is 3.05. The Morgan fingerprint density at radius 1 is 1.35 bits per heavy atom. The van der Waals surface area contributed by atoms with Crippen LogP contribution >= 0.6 is 0 Å². The third kappa shape index (κ3) is 3.95. The largest absolute Gasteiger partial charge is 0.300 e. The minimum atomic E-state index is -0.174. The zero-order valence-corrected chi connectivity index (χ0v) is 10.9. The van der Waals surface area contributed by atoms with Crippen LogP contribution in [0, 0.1) is 12.7 Å². The molecule has 0 aliphatic carbocycles. The highest BCUT2D eigenvalue weighted by molar-refractivity contribution is 5.78. The molecule has 0 radical (unpaired) electrons. The molecule has 1 unspecified atom stereocenters. The van der Waals surface area contributed by atoms with Crippen LogP contribution in [0.25, 0.3) is 0 Å². The summed E-state index contributed by atoms with van der Waals surface area (Å²) >= 11 is 0. The number of halogens is 1. The average Bonchev–Trinajstić information content (AvgIpc) is 2.32. The van der Waals surface area contributed by atoms with Crippen molar-refractivity contribution in [3.05, 3.63) is 35.1 Å². The van der Waals surface area contributed by atoms with Crippen LogP contribution in [0.1, 0.15) is 56.6 Å². The van der Waals surface area contributed by atoms with Crippen LogP contribution in [-0.4, -0.2) is 5.78 Å². The molecule has 0 heterocycles. The van der Waals surface area contributed by atoms with Gasteiger partial charge >= 0.3 is 0 Å². The van der Waals surface area contributed by atoms with E-state index in [4.69, 9.17) is 0 Å². The summed E-state index contributed by atoms with van der Waals surface area (Å²) in [4.78, 5) is 11.5. The molecule has 17 heavy (non-hydrogen) atoms. The van der Waals surface area contributed by atoms with Gasteiger partial charge in [0.1, 0.15) is 11.6 Å². The van der Waals surface area contributed by atoms with E-state index in [0.29, 0.717) is 18.4 Å². The van der Waals surface area contributed by atoms with Gasteiger partial charge in [-0.05, 0) is 36.5 Å². The van der Waals surface area contributed by atoms with Crippen molar-refractivity contribution in [3.8, 4) is 0 Å². The highest BCUT2D eigenvalue weighted by Gasteiger charge is 2.15. The predicted molar refractivity (Wildman–Crippen MR) is 68.7 cm³/mol. The van der Waals surface area contributed by atoms with Gasteiger partial charge in [0.2, 0.25) is 0 Å². The second-order valence-corrected chi connectivity index (χ2v) is 4.59. The van der Waals surface area contributed by atoms with E-state index < -0.39 is 0 Å². The number of hydrogen-bond donors (Lipinski definition) is 0. The Kier molecular flexibility index (Phi) is 5.33. The van der Waals surface area contributed by atoms with Gasteiger partial charge in [0.05, 0.1) is 0 Å². The van der Waals surface area contributed by atoms with Crippen molar-refractivity contribution in [2.45, 2.75) is 52.4 Å². The number of hydrogen-bond acceptors (Lipinski definition) is 1. The molecule has 0 spiro atoms. The van der Waals surface area contributed by atoms with E-state index in [2.05, 4.69) is 6.92 Å². The van der Waals surface area contributed by atoms with E-state index in [9.17, 15) is 9.18 Å². The molecule has 2 heteroatoms. The molecule has 1 atom stereocenters. The van der Waals surface area contributed by atoms with Gasteiger partial charge in [-0.1, -0.05) is 32.4 Å². The molecule has 0 saturated carbocycles. The Balaban J connectivity index is 2.88. The Morgan fingerprint density at radius 2 is 2.06 bits per heavy atom. The lowest BCUT2D eigenvalue weighted by molar-refractivity contribution is -0.119. The average molecular weight is 236 g/mol. The zero-order chi connectivity index (χ0) is 12.8. The lowest BCUT2D eigenvalue weighted by Crippen LogP contribution is -2.07. The molecule has 0 aliphatic heterocycles. The van der Waals surface area contributed by atoms with Gasteiger partial charge in [-0.2, -0.15) is 0 Å². The maximum Gasteiger partial charge on any atom is 0.133 e. The summed E-state index contributed by atoms with van der Waals surface area (Å²) in [5.74, 6) is 0.250. The number of aryl methyl sites for hydroxylation is 1. The van der Waals surface area contributed by atoms with Crippen LogP contribution in [0.3, 0.4) is 0 Å². The minimum absolute atomic E-state index is 0.169. The number of rotatable bonds is 6. The van der Waals surface area contributed by atoms with Crippen LogP contribution in [0.2, 0.25) is 0 Å². The van der Waals surface area contributed by atoms with Crippen LogP contribution in [0.4, 0.5) is 4.39 Å². The standard InChI is InChI=1S/C15H21FO/c1-4-6-12(9-14(17)5-2)13-8-7-11(3)15(16)10-13/h7-8,10,12H,4-6,9H2,1-3H3. The summed E-state index contributed by atoms with van der Waals surface area (Å²) in [5, 5.41) is 0. The number of Topliss-reactive ketones (excluding diaryl/α,β-unsaturated/α-hetero) is 1. The van der Waals surface area contributed by atoms with Crippen molar-refractivity contribution in [3.63, 3.8) is 0 Å². The summed E-state index contributed by atoms with van der Waals surface area (Å²) in [6.45, 7) is 5.72. The topological polar surface area (TPSA) is 17.1 Å². The van der Waals surface area contributed by atoms with Gasteiger partial charge in [-0.15, -0.1) is 0 Å². The van der Waals surface area contributed by atoms with Gasteiger partial charge in [0.15, 0.2) is 0 Å². The monoisotopic (exact) mass is 236 g/mol. The van der Waals surface area contributed by atoms with E-state index in [1.165, 1.54) is 0 Å². The van der Waals surface area contributed by atoms with E-state index in [0.717, 1.165) is 18.4 Å². The maximum atomic E-state index is 13.5. The molecule has 0 amide bonds. The van der Waals surface area contributed by atoms with Crippen molar-refractivity contribution >= 4 is 5.78 Å². The number of carbonyl (C=O) groups excluding carboxylic acids is 1. The first kappa shape index (κ1) is 13.9. The molecule has 0 saturated heterocycles. The highest BCUT2D eigenvalue weighted by atomic mass is 19.1. The van der Waals surface area contributed by atoms with Crippen LogP contribution < -0.4 is 0 Å². The first-order chi connectivity index (χ1) is 8.08. The van der Waals surface area contributed by atoms with Gasteiger partial charge < -0.3 is 0 Å². The third-order valence-electron chi connectivity index (χ3n) is 3.17. The van der Waals surface area contributed by atoms with E-state index >= 15 is 0 Å². The molecule has 0 aliphatic rings. The number of benzene rings is 1. The van der Waals surface area contributed by atoms with Crippen LogP contribution in [0.15, 0.2) is 18.2 Å². The molecule has 1 rings (SSSR count). The van der Waals surface area contributed by atoms with Crippen molar-refractivity contribution < 1.29 is 9.18 Å². The van der Waals surface area contributed by atoms with Gasteiger partial charge in [-0.3, -0.25) is 4.79 Å². The molecule has 0 aromatic heterocycles. The second kappa shape index (κ2) is 6.53. The summed E-state index contributed by atoms with van der Waals surface area (Å²) in [5.41, 5.74) is 1.61. The lowest BCUT2D eigenvalue weighted by atomic mass is 9.89. The smallest absolute Gasteiger partial charge is 0.133 e. The lowest BCUT2D eigenvalue weighted by Gasteiger charge is -2.16. The fourth-order valence-corrected chi connectivity index (χ4v) is 2.02. The fraction of sp³-hybridized carbons (Fsp3) is 0.533. The van der Waals surface area contributed by atoms with Crippen molar-refractivity contribution in [1.29, 1.82) is 0 Å². The van der Waals surface area contributed by atoms with Crippen molar-refractivity contribution in [2.75, 3.05) is 0 Å². The SMILES string of the molecule is CCCC(CC(=O)CC)c1ccc(C)c(F)c1. The van der Waals surface area contributed by atoms with Crippen LogP contribution in [-0.2, 0) is 4.79 Å². The van der Waals surface area contributed by atoms with E-state index in [1.54, 1.807) is 19.1 Å². The zero-order valence-electron chi connectivity index (χ0n) is 10.9. The molecular formula is C15H21FO. The molecular weight excluding hydrogens is 215 g/mol. The normalized spacial score (nSPS) is 12.5. The molecule has 1 nitrogen and oxygen atoms in total. The number of ketones is 1. The molecule has 1 aromatic carbocycles.